The van der Waals surface area contributed by atoms with Crippen LogP contribution in [0, 0.1) is 5.92 Å². The largest absolute Gasteiger partial charge is 0.388 e. The van der Waals surface area contributed by atoms with Gasteiger partial charge in [0.25, 0.3) is 0 Å². The van der Waals surface area contributed by atoms with E-state index in [1.54, 1.807) is 18.2 Å². The Balaban J connectivity index is 2.10. The van der Waals surface area contributed by atoms with Crippen molar-refractivity contribution in [2.45, 2.75) is 19.4 Å². The highest BCUT2D eigenvalue weighted by Crippen LogP contribution is 2.18. The normalized spacial score (nSPS) is 14.0. The smallest absolute Gasteiger partial charge is 0.168 e. The Morgan fingerprint density at radius 2 is 1.62 bits per heavy atom. The van der Waals surface area contributed by atoms with Gasteiger partial charge in [0, 0.05) is 5.56 Å². The van der Waals surface area contributed by atoms with Crippen LogP contribution in [0.4, 0.5) is 0 Å². The highest BCUT2D eigenvalue weighted by molar-refractivity contribution is 5.98. The number of ketones is 1. The Bertz CT molecular complexity index is 587. The molecule has 0 aliphatic heterocycles. The van der Waals surface area contributed by atoms with Crippen LogP contribution in [0.1, 0.15) is 29.3 Å². The molecule has 0 heterocycles. The molecule has 2 aromatic carbocycles. The summed E-state index contributed by atoms with van der Waals surface area (Å²) in [6.07, 6.45) is 3.38. The number of aliphatic hydroxyl groups excluding tert-OH is 1. The first-order valence-corrected chi connectivity index (χ1v) is 7.23. The lowest BCUT2D eigenvalue weighted by Crippen LogP contribution is -2.26. The van der Waals surface area contributed by atoms with Gasteiger partial charge in [-0.2, -0.15) is 0 Å². The van der Waals surface area contributed by atoms with E-state index in [0.717, 1.165) is 5.56 Å². The van der Waals surface area contributed by atoms with Crippen molar-refractivity contribution in [3.63, 3.8) is 0 Å². The van der Waals surface area contributed by atoms with Crippen LogP contribution < -0.4 is 0 Å². The van der Waals surface area contributed by atoms with E-state index in [4.69, 9.17) is 0 Å². The van der Waals surface area contributed by atoms with Gasteiger partial charge >= 0.3 is 0 Å². The number of hydrogen-bond donors (Lipinski definition) is 1. The van der Waals surface area contributed by atoms with E-state index in [1.807, 2.05) is 61.5 Å². The first-order chi connectivity index (χ1) is 10.2. The summed E-state index contributed by atoms with van der Waals surface area (Å²) in [4.78, 5) is 12.4. The fourth-order valence-corrected chi connectivity index (χ4v) is 2.31. The number of carbonyl (C=O) groups excluding carboxylic acids is 1. The van der Waals surface area contributed by atoms with Crippen LogP contribution in [0.5, 0.6) is 0 Å². The Morgan fingerprint density at radius 1 is 1.05 bits per heavy atom. The summed E-state index contributed by atoms with van der Waals surface area (Å²) in [5.74, 6) is -0.421. The van der Waals surface area contributed by atoms with Gasteiger partial charge in [-0.05, 0) is 12.0 Å². The second kappa shape index (κ2) is 7.55. The van der Waals surface area contributed by atoms with Crippen molar-refractivity contribution >= 4 is 11.9 Å². The molecule has 2 heteroatoms. The van der Waals surface area contributed by atoms with E-state index in [-0.39, 0.29) is 5.78 Å². The molecule has 0 radical (unpaired) electrons. The highest BCUT2D eigenvalue weighted by atomic mass is 16.3. The number of carbonyl (C=O) groups is 1. The lowest BCUT2D eigenvalue weighted by atomic mass is 9.90. The van der Waals surface area contributed by atoms with Gasteiger partial charge in [0.1, 0.15) is 0 Å². The minimum absolute atomic E-state index is 0.0108. The third kappa shape index (κ3) is 4.14. The molecule has 0 aromatic heterocycles. The van der Waals surface area contributed by atoms with Crippen molar-refractivity contribution in [1.82, 2.24) is 0 Å². The van der Waals surface area contributed by atoms with Crippen LogP contribution in [-0.4, -0.2) is 17.0 Å². The molecule has 21 heavy (non-hydrogen) atoms. The molecule has 108 valence electrons. The van der Waals surface area contributed by atoms with E-state index in [9.17, 15) is 9.90 Å². The van der Waals surface area contributed by atoms with Gasteiger partial charge < -0.3 is 5.11 Å². The quantitative estimate of drug-likeness (QED) is 0.813. The first-order valence-electron chi connectivity index (χ1n) is 7.23. The number of aliphatic hydroxyl groups is 1. The van der Waals surface area contributed by atoms with Crippen LogP contribution in [0.15, 0.2) is 66.7 Å². The molecule has 0 aliphatic carbocycles. The molecule has 2 nitrogen and oxygen atoms in total. The minimum atomic E-state index is -0.775. The SMILES string of the molecule is CC[C@H](C(=O)c1ccccc1)[C@@H](O)/C=C/c1ccccc1. The molecule has 0 saturated carbocycles. The third-order valence-electron chi connectivity index (χ3n) is 3.53. The monoisotopic (exact) mass is 280 g/mol. The van der Waals surface area contributed by atoms with Gasteiger partial charge in [-0.25, -0.2) is 0 Å². The summed E-state index contributed by atoms with van der Waals surface area (Å²) < 4.78 is 0. The highest BCUT2D eigenvalue weighted by Gasteiger charge is 2.24. The fourth-order valence-electron chi connectivity index (χ4n) is 2.31. The van der Waals surface area contributed by atoms with Crippen LogP contribution in [-0.2, 0) is 0 Å². The Labute approximate surface area is 125 Å². The third-order valence-corrected chi connectivity index (χ3v) is 3.53. The van der Waals surface area contributed by atoms with Crippen LogP contribution in [0.3, 0.4) is 0 Å². The summed E-state index contributed by atoms with van der Waals surface area (Å²) in [5, 5.41) is 10.3. The zero-order valence-corrected chi connectivity index (χ0v) is 12.1. The topological polar surface area (TPSA) is 37.3 Å². The predicted octanol–water partition coefficient (Wildman–Crippen LogP) is 3.97. The van der Waals surface area contributed by atoms with Crippen molar-refractivity contribution < 1.29 is 9.90 Å². The Kier molecular flexibility index (Phi) is 5.47. The van der Waals surface area contributed by atoms with Gasteiger partial charge in [0.05, 0.1) is 12.0 Å². The van der Waals surface area contributed by atoms with E-state index in [2.05, 4.69) is 0 Å². The van der Waals surface area contributed by atoms with E-state index in [1.165, 1.54) is 0 Å². The zero-order valence-electron chi connectivity index (χ0n) is 12.1. The predicted molar refractivity (Wildman–Crippen MR) is 86.0 cm³/mol. The van der Waals surface area contributed by atoms with Gasteiger partial charge in [-0.3, -0.25) is 4.79 Å². The molecule has 1 N–H and O–H groups in total. The van der Waals surface area contributed by atoms with Crippen molar-refractivity contribution in [1.29, 1.82) is 0 Å². The van der Waals surface area contributed by atoms with Gasteiger partial charge in [0.15, 0.2) is 5.78 Å². The van der Waals surface area contributed by atoms with Gasteiger partial charge in [-0.1, -0.05) is 79.7 Å². The second-order valence-electron chi connectivity index (χ2n) is 5.01. The van der Waals surface area contributed by atoms with Gasteiger partial charge in [0.2, 0.25) is 0 Å². The van der Waals surface area contributed by atoms with Crippen molar-refractivity contribution in [2.24, 2.45) is 5.92 Å². The minimum Gasteiger partial charge on any atom is -0.388 e. The van der Waals surface area contributed by atoms with E-state index < -0.39 is 12.0 Å². The van der Waals surface area contributed by atoms with Gasteiger partial charge in [-0.15, -0.1) is 0 Å². The number of hydrogen-bond acceptors (Lipinski definition) is 2. The molecule has 0 fully saturated rings. The molecule has 2 aromatic rings. The van der Waals surface area contributed by atoms with Crippen molar-refractivity contribution in [2.75, 3.05) is 0 Å². The van der Waals surface area contributed by atoms with Crippen molar-refractivity contribution in [3.05, 3.63) is 77.9 Å². The molecule has 0 bridgehead atoms. The van der Waals surface area contributed by atoms with E-state index in [0.29, 0.717) is 12.0 Å². The summed E-state index contributed by atoms with van der Waals surface area (Å²) in [5.41, 5.74) is 1.66. The lowest BCUT2D eigenvalue weighted by Gasteiger charge is -2.17. The average molecular weight is 280 g/mol. The maximum atomic E-state index is 12.4. The first kappa shape index (κ1) is 15.2. The molecule has 0 saturated heterocycles. The standard InChI is InChI=1S/C19H20O2/c1-2-17(19(21)16-11-7-4-8-12-16)18(20)14-13-15-9-5-3-6-10-15/h3-14,17-18,20H,2H2,1H3/b14-13+/t17-,18-/m0/s1. The van der Waals surface area contributed by atoms with Crippen molar-refractivity contribution in [3.8, 4) is 0 Å². The second-order valence-corrected chi connectivity index (χ2v) is 5.01. The summed E-state index contributed by atoms with van der Waals surface area (Å²) in [6, 6.07) is 18.9. The molecule has 2 atom stereocenters. The molecule has 0 unspecified atom stereocenters. The van der Waals surface area contributed by atoms with Crippen LogP contribution in [0.2, 0.25) is 0 Å². The van der Waals surface area contributed by atoms with Crippen LogP contribution >= 0.6 is 0 Å². The summed E-state index contributed by atoms with van der Waals surface area (Å²) >= 11 is 0. The molecule has 0 amide bonds. The summed E-state index contributed by atoms with van der Waals surface area (Å²) in [6.45, 7) is 1.92. The molecular weight excluding hydrogens is 260 g/mol. The number of Topliss-reactive ketones (excluding diaryl/α,β-unsaturated/α-hetero) is 1. The fraction of sp³-hybridized carbons (Fsp3) is 0.211. The maximum Gasteiger partial charge on any atom is 0.168 e. The molecule has 0 spiro atoms. The lowest BCUT2D eigenvalue weighted by molar-refractivity contribution is 0.0773. The maximum absolute atomic E-state index is 12.4. The molecule has 0 aliphatic rings. The number of rotatable bonds is 6. The number of benzene rings is 2. The van der Waals surface area contributed by atoms with E-state index >= 15 is 0 Å². The Hall–Kier alpha value is -2.19. The molecular formula is C19H20O2. The van der Waals surface area contributed by atoms with Crippen LogP contribution in [0.25, 0.3) is 6.08 Å². The Morgan fingerprint density at radius 3 is 2.19 bits per heavy atom. The molecule has 2 rings (SSSR count). The zero-order chi connectivity index (χ0) is 15.1. The average Bonchev–Trinajstić information content (AvgIpc) is 2.55. The summed E-state index contributed by atoms with van der Waals surface area (Å²) in [7, 11) is 0.